The average molecular weight is 331 g/mol. The molecule has 0 atom stereocenters. The molecule has 0 radical (unpaired) electrons. The molecule has 0 fully saturated rings. The number of ether oxygens (including phenoxy) is 1. The fourth-order valence-corrected chi connectivity index (χ4v) is 2.08. The number of nitrogens with zero attached hydrogens (tertiary/aromatic N) is 1. The summed E-state index contributed by atoms with van der Waals surface area (Å²) in [6.45, 7) is 2.06. The van der Waals surface area contributed by atoms with E-state index in [2.05, 4.69) is 17.5 Å². The van der Waals surface area contributed by atoms with Gasteiger partial charge in [-0.3, -0.25) is 4.79 Å². The topological polar surface area (TPSA) is 50.7 Å². The van der Waals surface area contributed by atoms with Gasteiger partial charge in [0.05, 0.1) is 6.21 Å². The molecule has 2 rings (SSSR count). The molecule has 0 heterocycles. The van der Waals surface area contributed by atoms with Crippen LogP contribution in [-0.4, -0.2) is 18.7 Å². The maximum Gasteiger partial charge on any atom is 0.277 e. The van der Waals surface area contributed by atoms with Crippen LogP contribution >= 0.6 is 11.6 Å². The van der Waals surface area contributed by atoms with Crippen molar-refractivity contribution in [1.29, 1.82) is 0 Å². The van der Waals surface area contributed by atoms with Crippen LogP contribution in [0, 0.1) is 0 Å². The Bertz CT molecular complexity index is 652. The van der Waals surface area contributed by atoms with E-state index in [9.17, 15) is 4.79 Å². The highest BCUT2D eigenvalue weighted by molar-refractivity contribution is 6.30. The largest absolute Gasteiger partial charge is 0.484 e. The third-order valence-electron chi connectivity index (χ3n) is 3.10. The van der Waals surface area contributed by atoms with Gasteiger partial charge in [0.2, 0.25) is 0 Å². The van der Waals surface area contributed by atoms with E-state index in [1.165, 1.54) is 5.56 Å². The van der Waals surface area contributed by atoms with Crippen molar-refractivity contribution >= 4 is 23.7 Å². The Morgan fingerprint density at radius 2 is 1.87 bits per heavy atom. The average Bonchev–Trinajstić information content (AvgIpc) is 2.56. The molecule has 0 aromatic heterocycles. The molecular formula is C18H19ClN2O2. The second-order valence-corrected chi connectivity index (χ2v) is 5.46. The van der Waals surface area contributed by atoms with Gasteiger partial charge in [0.15, 0.2) is 6.61 Å². The number of amides is 1. The first kappa shape index (κ1) is 17.0. The third kappa shape index (κ3) is 6.12. The summed E-state index contributed by atoms with van der Waals surface area (Å²) in [4.78, 5) is 11.7. The van der Waals surface area contributed by atoms with Gasteiger partial charge in [-0.25, -0.2) is 5.43 Å². The summed E-state index contributed by atoms with van der Waals surface area (Å²) in [5.41, 5.74) is 4.53. The van der Waals surface area contributed by atoms with Crippen molar-refractivity contribution in [2.75, 3.05) is 6.61 Å². The number of hydrogen-bond donors (Lipinski definition) is 1. The van der Waals surface area contributed by atoms with Crippen LogP contribution in [0.15, 0.2) is 53.6 Å². The molecule has 1 amide bonds. The number of benzene rings is 2. The highest BCUT2D eigenvalue weighted by atomic mass is 35.5. The second-order valence-electron chi connectivity index (χ2n) is 5.03. The predicted molar refractivity (Wildman–Crippen MR) is 93.1 cm³/mol. The van der Waals surface area contributed by atoms with Gasteiger partial charge in [0.25, 0.3) is 5.91 Å². The zero-order valence-electron chi connectivity index (χ0n) is 13.0. The van der Waals surface area contributed by atoms with Crippen molar-refractivity contribution in [3.63, 3.8) is 0 Å². The van der Waals surface area contributed by atoms with Crippen molar-refractivity contribution in [3.8, 4) is 5.75 Å². The van der Waals surface area contributed by atoms with Crippen LogP contribution in [0.4, 0.5) is 0 Å². The Kier molecular flexibility index (Phi) is 6.63. The maximum atomic E-state index is 11.7. The molecule has 0 unspecified atom stereocenters. The lowest BCUT2D eigenvalue weighted by atomic mass is 10.1. The standard InChI is InChI=1S/C18H19ClN2O2/c1-2-3-14-6-10-17(11-7-14)23-13-18(22)21-20-12-15-4-8-16(19)9-5-15/h4-12H,2-3,13H2,1H3,(H,21,22)/b20-12+. The van der Waals surface area contributed by atoms with Crippen LogP contribution in [-0.2, 0) is 11.2 Å². The SMILES string of the molecule is CCCc1ccc(OCC(=O)N/N=C/c2ccc(Cl)cc2)cc1. The lowest BCUT2D eigenvalue weighted by molar-refractivity contribution is -0.123. The molecule has 120 valence electrons. The smallest absolute Gasteiger partial charge is 0.277 e. The van der Waals surface area contributed by atoms with E-state index in [0.29, 0.717) is 10.8 Å². The van der Waals surface area contributed by atoms with Crippen molar-refractivity contribution in [1.82, 2.24) is 5.43 Å². The molecule has 0 spiro atoms. The minimum Gasteiger partial charge on any atom is -0.484 e. The van der Waals surface area contributed by atoms with E-state index < -0.39 is 0 Å². The number of carbonyl (C=O) groups excluding carboxylic acids is 1. The van der Waals surface area contributed by atoms with Gasteiger partial charge < -0.3 is 4.74 Å². The van der Waals surface area contributed by atoms with Gasteiger partial charge in [0, 0.05) is 5.02 Å². The fourth-order valence-electron chi connectivity index (χ4n) is 1.95. The minimum absolute atomic E-state index is 0.0783. The van der Waals surface area contributed by atoms with Crippen LogP contribution in [0.3, 0.4) is 0 Å². The number of halogens is 1. The van der Waals surface area contributed by atoms with Crippen LogP contribution in [0.2, 0.25) is 5.02 Å². The predicted octanol–water partition coefficient (Wildman–Crippen LogP) is 3.82. The molecule has 4 nitrogen and oxygen atoms in total. The molecule has 23 heavy (non-hydrogen) atoms. The highest BCUT2D eigenvalue weighted by Crippen LogP contribution is 2.13. The number of rotatable bonds is 7. The van der Waals surface area contributed by atoms with E-state index in [4.69, 9.17) is 16.3 Å². The van der Waals surface area contributed by atoms with Crippen LogP contribution in [0.25, 0.3) is 0 Å². The summed E-state index contributed by atoms with van der Waals surface area (Å²) in [5.74, 6) is 0.356. The lowest BCUT2D eigenvalue weighted by Crippen LogP contribution is -2.24. The normalized spacial score (nSPS) is 10.7. The van der Waals surface area contributed by atoms with E-state index in [0.717, 1.165) is 18.4 Å². The molecule has 0 aliphatic rings. The van der Waals surface area contributed by atoms with Crippen LogP contribution in [0.5, 0.6) is 5.75 Å². The molecule has 0 aliphatic heterocycles. The van der Waals surface area contributed by atoms with Crippen LogP contribution < -0.4 is 10.2 Å². The molecule has 0 aliphatic carbocycles. The van der Waals surface area contributed by atoms with Crippen molar-refractivity contribution < 1.29 is 9.53 Å². The van der Waals surface area contributed by atoms with Crippen molar-refractivity contribution in [3.05, 3.63) is 64.7 Å². The Labute approximate surface area is 141 Å². The Hall–Kier alpha value is -2.33. The number of nitrogens with one attached hydrogen (secondary N) is 1. The lowest BCUT2D eigenvalue weighted by Gasteiger charge is -2.06. The summed E-state index contributed by atoms with van der Waals surface area (Å²) in [7, 11) is 0. The highest BCUT2D eigenvalue weighted by Gasteiger charge is 2.01. The van der Waals surface area contributed by atoms with Crippen LogP contribution in [0.1, 0.15) is 24.5 Å². The Morgan fingerprint density at radius 1 is 1.17 bits per heavy atom. The van der Waals surface area contributed by atoms with Gasteiger partial charge >= 0.3 is 0 Å². The quantitative estimate of drug-likeness (QED) is 0.619. The molecule has 1 N–H and O–H groups in total. The monoisotopic (exact) mass is 330 g/mol. The van der Waals surface area contributed by atoms with E-state index in [1.807, 2.05) is 36.4 Å². The summed E-state index contributed by atoms with van der Waals surface area (Å²) < 4.78 is 5.42. The minimum atomic E-state index is -0.312. The molecule has 2 aromatic carbocycles. The molecule has 0 saturated heterocycles. The number of aryl methyl sites for hydroxylation is 1. The van der Waals surface area contributed by atoms with E-state index >= 15 is 0 Å². The van der Waals surface area contributed by atoms with E-state index in [-0.39, 0.29) is 12.5 Å². The summed E-state index contributed by atoms with van der Waals surface area (Å²) in [5, 5.41) is 4.53. The zero-order valence-corrected chi connectivity index (χ0v) is 13.7. The number of hydrogen-bond acceptors (Lipinski definition) is 3. The molecule has 2 aromatic rings. The first-order valence-electron chi connectivity index (χ1n) is 7.46. The van der Waals surface area contributed by atoms with Gasteiger partial charge in [0.1, 0.15) is 5.75 Å². The Balaban J connectivity index is 1.75. The zero-order chi connectivity index (χ0) is 16.5. The Morgan fingerprint density at radius 3 is 2.52 bits per heavy atom. The van der Waals surface area contributed by atoms with Crippen molar-refractivity contribution in [2.24, 2.45) is 5.10 Å². The molecular weight excluding hydrogens is 312 g/mol. The number of hydrazone groups is 1. The maximum absolute atomic E-state index is 11.7. The first-order valence-corrected chi connectivity index (χ1v) is 7.84. The van der Waals surface area contributed by atoms with Gasteiger partial charge in [-0.05, 0) is 41.8 Å². The van der Waals surface area contributed by atoms with Crippen molar-refractivity contribution in [2.45, 2.75) is 19.8 Å². The van der Waals surface area contributed by atoms with Gasteiger partial charge in [-0.15, -0.1) is 0 Å². The van der Waals surface area contributed by atoms with Gasteiger partial charge in [-0.2, -0.15) is 5.10 Å². The summed E-state index contributed by atoms with van der Waals surface area (Å²) in [6, 6.07) is 14.9. The molecule has 5 heteroatoms. The number of carbonyl (C=O) groups is 1. The summed E-state index contributed by atoms with van der Waals surface area (Å²) in [6.07, 6.45) is 3.70. The van der Waals surface area contributed by atoms with Gasteiger partial charge in [-0.1, -0.05) is 49.2 Å². The second kappa shape index (κ2) is 8.96. The third-order valence-corrected chi connectivity index (χ3v) is 3.36. The first-order chi connectivity index (χ1) is 11.2. The fraction of sp³-hybridized carbons (Fsp3) is 0.222. The molecule has 0 saturated carbocycles. The summed E-state index contributed by atoms with van der Waals surface area (Å²) >= 11 is 5.79. The molecule has 0 bridgehead atoms. The van der Waals surface area contributed by atoms with E-state index in [1.54, 1.807) is 18.3 Å².